The van der Waals surface area contributed by atoms with Crippen molar-refractivity contribution in [1.29, 1.82) is 0 Å². The van der Waals surface area contributed by atoms with E-state index in [0.717, 1.165) is 36.8 Å². The van der Waals surface area contributed by atoms with Crippen molar-refractivity contribution in [2.75, 3.05) is 23.7 Å². The molecule has 0 saturated carbocycles. The van der Waals surface area contributed by atoms with Crippen molar-refractivity contribution in [3.63, 3.8) is 0 Å². The maximum Gasteiger partial charge on any atom is 0.150 e. The third-order valence-corrected chi connectivity index (χ3v) is 3.65. The van der Waals surface area contributed by atoms with Crippen LogP contribution < -0.4 is 10.6 Å². The number of hydrogen-bond donors (Lipinski definition) is 1. The van der Waals surface area contributed by atoms with Crippen LogP contribution in [0.5, 0.6) is 0 Å². The summed E-state index contributed by atoms with van der Waals surface area (Å²) in [5.74, 6) is 1.12. The van der Waals surface area contributed by atoms with Crippen LogP contribution in [0.2, 0.25) is 0 Å². The van der Waals surface area contributed by atoms with Crippen LogP contribution in [-0.2, 0) is 6.54 Å². The number of nitrogens with zero attached hydrogens (tertiary/aromatic N) is 3. The Hall–Kier alpha value is -1.19. The van der Waals surface area contributed by atoms with Crippen LogP contribution in [0.15, 0.2) is 0 Å². The fourth-order valence-electron chi connectivity index (χ4n) is 2.74. The monoisotopic (exact) mass is 236 g/mol. The Kier molecular flexibility index (Phi) is 3.06. The first-order valence-electron chi connectivity index (χ1n) is 6.52. The number of piperidine rings is 1. The SMILES string of the molecule is CCn1nc(C)c(N)c1N1CCCC(C)(C)C1. The van der Waals surface area contributed by atoms with Gasteiger partial charge < -0.3 is 10.6 Å². The maximum absolute atomic E-state index is 6.17. The first-order chi connectivity index (χ1) is 7.94. The van der Waals surface area contributed by atoms with Crippen LogP contribution in [0.3, 0.4) is 0 Å². The van der Waals surface area contributed by atoms with Crippen molar-refractivity contribution in [1.82, 2.24) is 9.78 Å². The summed E-state index contributed by atoms with van der Waals surface area (Å²) in [5.41, 5.74) is 8.35. The third-order valence-electron chi connectivity index (χ3n) is 3.65. The zero-order chi connectivity index (χ0) is 12.6. The lowest BCUT2D eigenvalue weighted by Crippen LogP contribution is -2.41. The van der Waals surface area contributed by atoms with Gasteiger partial charge >= 0.3 is 0 Å². The van der Waals surface area contributed by atoms with Crippen molar-refractivity contribution < 1.29 is 0 Å². The van der Waals surface area contributed by atoms with Crippen LogP contribution in [0.1, 0.15) is 39.3 Å². The third kappa shape index (κ3) is 2.26. The van der Waals surface area contributed by atoms with Gasteiger partial charge in [0.05, 0.1) is 11.4 Å². The van der Waals surface area contributed by atoms with E-state index in [9.17, 15) is 0 Å². The average molecular weight is 236 g/mol. The summed E-state index contributed by atoms with van der Waals surface area (Å²) in [7, 11) is 0. The molecule has 1 aliphatic heterocycles. The van der Waals surface area contributed by atoms with Gasteiger partial charge in [-0.15, -0.1) is 0 Å². The molecular weight excluding hydrogens is 212 g/mol. The zero-order valence-electron chi connectivity index (χ0n) is 11.5. The molecule has 2 heterocycles. The standard InChI is InChI=1S/C13H24N4/c1-5-17-12(11(14)10(2)15-17)16-8-6-7-13(3,4)9-16/h5-9,14H2,1-4H3. The normalized spacial score (nSPS) is 19.6. The lowest BCUT2D eigenvalue weighted by molar-refractivity contribution is 0.290. The van der Waals surface area contributed by atoms with Crippen LogP contribution in [0.25, 0.3) is 0 Å². The van der Waals surface area contributed by atoms with Crippen molar-refractivity contribution in [3.05, 3.63) is 5.69 Å². The van der Waals surface area contributed by atoms with Gasteiger partial charge in [0.25, 0.3) is 0 Å². The molecule has 0 amide bonds. The van der Waals surface area contributed by atoms with Crippen LogP contribution in [0.4, 0.5) is 11.5 Å². The molecule has 17 heavy (non-hydrogen) atoms. The van der Waals surface area contributed by atoms with Crippen molar-refractivity contribution in [2.24, 2.45) is 5.41 Å². The summed E-state index contributed by atoms with van der Waals surface area (Å²) in [6.07, 6.45) is 2.53. The summed E-state index contributed by atoms with van der Waals surface area (Å²) < 4.78 is 2.03. The molecule has 0 radical (unpaired) electrons. The predicted octanol–water partition coefficient (Wildman–Crippen LogP) is 2.42. The lowest BCUT2D eigenvalue weighted by Gasteiger charge is -2.39. The number of hydrogen-bond acceptors (Lipinski definition) is 3. The van der Waals surface area contributed by atoms with Crippen molar-refractivity contribution >= 4 is 11.5 Å². The second kappa shape index (κ2) is 4.24. The molecule has 2 rings (SSSR count). The minimum Gasteiger partial charge on any atom is -0.394 e. The molecule has 1 saturated heterocycles. The highest BCUT2D eigenvalue weighted by atomic mass is 15.4. The molecule has 0 bridgehead atoms. The number of nitrogens with two attached hydrogens (primary N) is 1. The second-order valence-corrected chi connectivity index (χ2v) is 5.83. The average Bonchev–Trinajstić information content (AvgIpc) is 2.53. The molecule has 4 heteroatoms. The highest BCUT2D eigenvalue weighted by molar-refractivity contribution is 5.66. The molecule has 0 aromatic carbocycles. The molecule has 0 aliphatic carbocycles. The summed E-state index contributed by atoms with van der Waals surface area (Å²) in [5, 5.41) is 4.50. The van der Waals surface area contributed by atoms with E-state index in [0.29, 0.717) is 5.41 Å². The second-order valence-electron chi connectivity index (χ2n) is 5.83. The van der Waals surface area contributed by atoms with Crippen LogP contribution >= 0.6 is 0 Å². The quantitative estimate of drug-likeness (QED) is 0.858. The summed E-state index contributed by atoms with van der Waals surface area (Å²) >= 11 is 0. The highest BCUT2D eigenvalue weighted by Gasteiger charge is 2.29. The highest BCUT2D eigenvalue weighted by Crippen LogP contribution is 2.35. The van der Waals surface area contributed by atoms with Crippen LogP contribution in [-0.4, -0.2) is 22.9 Å². The Balaban J connectivity index is 2.33. The molecule has 0 unspecified atom stereocenters. The number of aryl methyl sites for hydroxylation is 2. The summed E-state index contributed by atoms with van der Waals surface area (Å²) in [6.45, 7) is 11.8. The molecule has 1 aliphatic rings. The number of anilines is 2. The number of aromatic nitrogens is 2. The molecule has 96 valence electrons. The van der Waals surface area contributed by atoms with Gasteiger partial charge in [-0.2, -0.15) is 5.10 Å². The van der Waals surface area contributed by atoms with Crippen molar-refractivity contribution in [3.8, 4) is 0 Å². The molecule has 1 aromatic rings. The number of rotatable bonds is 2. The zero-order valence-corrected chi connectivity index (χ0v) is 11.5. The van der Waals surface area contributed by atoms with Gasteiger partial charge in [-0.25, -0.2) is 4.68 Å². The van der Waals surface area contributed by atoms with Crippen molar-refractivity contribution in [2.45, 2.75) is 47.1 Å². The Morgan fingerprint density at radius 1 is 1.41 bits per heavy atom. The molecule has 0 spiro atoms. The van der Waals surface area contributed by atoms with E-state index in [2.05, 4.69) is 30.8 Å². The fraction of sp³-hybridized carbons (Fsp3) is 0.769. The number of nitrogen functional groups attached to an aromatic ring is 1. The minimum atomic E-state index is 0.376. The molecule has 2 N–H and O–H groups in total. The predicted molar refractivity (Wildman–Crippen MR) is 72.3 cm³/mol. The minimum absolute atomic E-state index is 0.376. The molecule has 4 nitrogen and oxygen atoms in total. The topological polar surface area (TPSA) is 47.1 Å². The summed E-state index contributed by atoms with van der Waals surface area (Å²) in [4.78, 5) is 2.41. The van der Waals surface area contributed by atoms with Gasteiger partial charge in [-0.3, -0.25) is 0 Å². The Morgan fingerprint density at radius 3 is 2.71 bits per heavy atom. The first-order valence-corrected chi connectivity index (χ1v) is 6.52. The first kappa shape index (κ1) is 12.3. The Bertz CT molecular complexity index is 406. The van der Waals surface area contributed by atoms with E-state index in [1.54, 1.807) is 0 Å². The molecule has 1 fully saturated rings. The van der Waals surface area contributed by atoms with E-state index in [1.807, 2.05) is 11.6 Å². The Labute approximate surface area is 104 Å². The molecule has 0 atom stereocenters. The van der Waals surface area contributed by atoms with E-state index in [4.69, 9.17) is 5.73 Å². The van der Waals surface area contributed by atoms with E-state index in [1.165, 1.54) is 12.8 Å². The molecule has 1 aromatic heterocycles. The van der Waals surface area contributed by atoms with Crippen LogP contribution in [0, 0.1) is 12.3 Å². The van der Waals surface area contributed by atoms with Gasteiger partial charge in [-0.05, 0) is 32.1 Å². The van der Waals surface area contributed by atoms with Gasteiger partial charge in [-0.1, -0.05) is 13.8 Å². The maximum atomic E-state index is 6.17. The van der Waals surface area contributed by atoms with E-state index < -0.39 is 0 Å². The lowest BCUT2D eigenvalue weighted by atomic mass is 9.84. The van der Waals surface area contributed by atoms with Gasteiger partial charge in [0.2, 0.25) is 0 Å². The van der Waals surface area contributed by atoms with Gasteiger partial charge in [0.15, 0.2) is 5.82 Å². The largest absolute Gasteiger partial charge is 0.394 e. The fourth-order valence-corrected chi connectivity index (χ4v) is 2.74. The smallest absolute Gasteiger partial charge is 0.150 e. The van der Waals surface area contributed by atoms with E-state index >= 15 is 0 Å². The van der Waals surface area contributed by atoms with Gasteiger partial charge in [0.1, 0.15) is 0 Å². The molecular formula is C13H24N4. The van der Waals surface area contributed by atoms with E-state index in [-0.39, 0.29) is 0 Å². The Morgan fingerprint density at radius 2 is 2.12 bits per heavy atom. The summed E-state index contributed by atoms with van der Waals surface area (Å²) in [6, 6.07) is 0. The van der Waals surface area contributed by atoms with Gasteiger partial charge in [0, 0.05) is 19.6 Å².